The van der Waals surface area contributed by atoms with Crippen LogP contribution in [-0.2, 0) is 0 Å². The molecule has 0 aliphatic rings. The highest BCUT2D eigenvalue weighted by molar-refractivity contribution is 5.94. The Kier molecular flexibility index (Phi) is 4.02. The van der Waals surface area contributed by atoms with Gasteiger partial charge in [0.25, 0.3) is 0 Å². The summed E-state index contributed by atoms with van der Waals surface area (Å²) >= 11 is 0. The quantitative estimate of drug-likeness (QED) is 0.535. The fraction of sp³-hybridized carbons (Fsp3) is 0.375. The van der Waals surface area contributed by atoms with Crippen LogP contribution in [-0.4, -0.2) is 25.5 Å². The zero-order chi connectivity index (χ0) is 15.7. The van der Waals surface area contributed by atoms with Gasteiger partial charge in [-0.15, -0.1) is 0 Å². The van der Waals surface area contributed by atoms with Crippen molar-refractivity contribution in [3.8, 4) is 0 Å². The first-order valence-electron chi connectivity index (χ1n) is 6.83. The smallest absolute Gasteiger partial charge is 0.208 e. The molecule has 0 radical (unpaired) electrons. The van der Waals surface area contributed by atoms with Gasteiger partial charge < -0.3 is 14.5 Å². The molecule has 21 heavy (non-hydrogen) atoms. The number of rotatable bonds is 3. The van der Waals surface area contributed by atoms with Gasteiger partial charge in [-0.1, -0.05) is 31.1 Å². The van der Waals surface area contributed by atoms with Crippen molar-refractivity contribution < 1.29 is 9.62 Å². The first-order chi connectivity index (χ1) is 9.88. The molecule has 0 fully saturated rings. The standard InChI is InChI=1S/C16H20N2O3/c1-9(2)11-7-6-10(3)13-14(19)12(8-17-20)16(18(4)5)21-15(11)13/h6-9,20H,1-5H3/b17-8-. The van der Waals surface area contributed by atoms with Crippen LogP contribution < -0.4 is 10.3 Å². The fourth-order valence-corrected chi connectivity index (χ4v) is 2.43. The van der Waals surface area contributed by atoms with Crippen molar-refractivity contribution in [2.45, 2.75) is 26.7 Å². The van der Waals surface area contributed by atoms with Gasteiger partial charge in [0.15, 0.2) is 0 Å². The molecule has 0 atom stereocenters. The summed E-state index contributed by atoms with van der Waals surface area (Å²) in [6, 6.07) is 3.91. The van der Waals surface area contributed by atoms with E-state index in [1.807, 2.05) is 19.1 Å². The maximum atomic E-state index is 12.8. The van der Waals surface area contributed by atoms with Crippen molar-refractivity contribution >= 4 is 23.1 Å². The lowest BCUT2D eigenvalue weighted by Gasteiger charge is -2.17. The Bertz CT molecular complexity index is 758. The third kappa shape index (κ3) is 2.51. The van der Waals surface area contributed by atoms with Gasteiger partial charge in [-0.2, -0.15) is 0 Å². The van der Waals surface area contributed by atoms with Crippen LogP contribution in [0.4, 0.5) is 5.88 Å². The largest absolute Gasteiger partial charge is 0.439 e. The van der Waals surface area contributed by atoms with Crippen LogP contribution in [0.5, 0.6) is 0 Å². The second-order valence-electron chi connectivity index (χ2n) is 5.62. The summed E-state index contributed by atoms with van der Waals surface area (Å²) in [5.41, 5.74) is 2.51. The van der Waals surface area contributed by atoms with E-state index >= 15 is 0 Å². The molecule has 0 unspecified atom stereocenters. The van der Waals surface area contributed by atoms with E-state index in [0.29, 0.717) is 16.9 Å². The maximum Gasteiger partial charge on any atom is 0.208 e. The third-order valence-electron chi connectivity index (χ3n) is 3.51. The van der Waals surface area contributed by atoms with Crippen LogP contribution in [0, 0.1) is 6.92 Å². The number of fused-ring (bicyclic) bond motifs is 1. The highest BCUT2D eigenvalue weighted by Crippen LogP contribution is 2.30. The van der Waals surface area contributed by atoms with E-state index < -0.39 is 0 Å². The van der Waals surface area contributed by atoms with Crippen LogP contribution in [0.2, 0.25) is 0 Å². The molecule has 0 saturated heterocycles. The van der Waals surface area contributed by atoms with Gasteiger partial charge in [-0.25, -0.2) is 0 Å². The zero-order valence-corrected chi connectivity index (χ0v) is 13.0. The van der Waals surface area contributed by atoms with Crippen molar-refractivity contribution in [2.24, 2.45) is 5.16 Å². The number of anilines is 1. The second-order valence-corrected chi connectivity index (χ2v) is 5.62. The molecule has 2 rings (SSSR count). The zero-order valence-electron chi connectivity index (χ0n) is 13.0. The van der Waals surface area contributed by atoms with Gasteiger partial charge in [0.1, 0.15) is 11.1 Å². The van der Waals surface area contributed by atoms with Crippen LogP contribution in [0.15, 0.2) is 26.5 Å². The van der Waals surface area contributed by atoms with E-state index in [4.69, 9.17) is 9.62 Å². The monoisotopic (exact) mass is 288 g/mol. The van der Waals surface area contributed by atoms with Crippen molar-refractivity contribution in [2.75, 3.05) is 19.0 Å². The second kappa shape index (κ2) is 5.60. The summed E-state index contributed by atoms with van der Waals surface area (Å²) in [4.78, 5) is 14.4. The van der Waals surface area contributed by atoms with Crippen LogP contribution in [0.3, 0.4) is 0 Å². The predicted octanol–water partition coefficient (Wildman–Crippen LogP) is 3.10. The highest BCUT2D eigenvalue weighted by atomic mass is 16.4. The Morgan fingerprint density at radius 1 is 1.33 bits per heavy atom. The molecule has 1 aromatic heterocycles. The van der Waals surface area contributed by atoms with Crippen LogP contribution in [0.25, 0.3) is 11.0 Å². The Labute approximate surface area is 123 Å². The average molecular weight is 288 g/mol. The number of oxime groups is 1. The van der Waals surface area contributed by atoms with E-state index in [2.05, 4.69) is 19.0 Å². The fourth-order valence-electron chi connectivity index (χ4n) is 2.43. The molecule has 0 aliphatic heterocycles. The average Bonchev–Trinajstić information content (AvgIpc) is 2.41. The van der Waals surface area contributed by atoms with Gasteiger partial charge in [0, 0.05) is 14.1 Å². The third-order valence-corrected chi connectivity index (χ3v) is 3.51. The molecule has 0 spiro atoms. The Morgan fingerprint density at radius 2 is 2.00 bits per heavy atom. The molecule has 5 heteroatoms. The molecule has 0 amide bonds. The van der Waals surface area contributed by atoms with Crippen LogP contribution >= 0.6 is 0 Å². The summed E-state index contributed by atoms with van der Waals surface area (Å²) in [6.07, 6.45) is 1.13. The molecule has 2 aromatic rings. The molecular formula is C16H20N2O3. The number of aryl methyl sites for hydroxylation is 1. The summed E-state index contributed by atoms with van der Waals surface area (Å²) in [5, 5.41) is 12.3. The minimum absolute atomic E-state index is 0.183. The van der Waals surface area contributed by atoms with Crippen molar-refractivity contribution in [3.63, 3.8) is 0 Å². The normalized spacial score (nSPS) is 11.7. The topological polar surface area (TPSA) is 66.0 Å². The molecule has 0 aliphatic carbocycles. The number of hydrogen-bond donors (Lipinski definition) is 1. The van der Waals surface area contributed by atoms with Gasteiger partial charge >= 0.3 is 0 Å². The summed E-state index contributed by atoms with van der Waals surface area (Å²) in [5.74, 6) is 0.626. The molecule has 0 bridgehead atoms. The molecule has 0 saturated carbocycles. The molecule has 112 valence electrons. The van der Waals surface area contributed by atoms with E-state index in [9.17, 15) is 4.79 Å². The minimum atomic E-state index is -0.183. The van der Waals surface area contributed by atoms with E-state index in [1.54, 1.807) is 19.0 Å². The first kappa shape index (κ1) is 15.1. The molecule has 1 heterocycles. The summed E-state index contributed by atoms with van der Waals surface area (Å²) in [7, 11) is 3.56. The SMILES string of the molecule is Cc1ccc(C(C)C)c2oc(N(C)C)c(/C=N\O)c(=O)c12. The number of benzene rings is 1. The predicted molar refractivity (Wildman–Crippen MR) is 85.0 cm³/mol. The molecule has 1 N–H and O–H groups in total. The van der Waals surface area contributed by atoms with E-state index in [0.717, 1.165) is 17.3 Å². The van der Waals surface area contributed by atoms with Gasteiger partial charge in [0.05, 0.1) is 11.6 Å². The van der Waals surface area contributed by atoms with Gasteiger partial charge in [0.2, 0.25) is 11.3 Å². The van der Waals surface area contributed by atoms with Crippen molar-refractivity contribution in [1.82, 2.24) is 0 Å². The van der Waals surface area contributed by atoms with Crippen molar-refractivity contribution in [3.05, 3.63) is 39.0 Å². The highest BCUT2D eigenvalue weighted by Gasteiger charge is 2.19. The lowest BCUT2D eigenvalue weighted by molar-refractivity contribution is 0.321. The maximum absolute atomic E-state index is 12.8. The Hall–Kier alpha value is -2.30. The molecular weight excluding hydrogens is 268 g/mol. The van der Waals surface area contributed by atoms with Crippen molar-refractivity contribution in [1.29, 1.82) is 0 Å². The van der Waals surface area contributed by atoms with E-state index in [1.165, 1.54) is 0 Å². The van der Waals surface area contributed by atoms with Gasteiger partial charge in [-0.3, -0.25) is 4.79 Å². The molecule has 5 nitrogen and oxygen atoms in total. The summed E-state index contributed by atoms with van der Waals surface area (Å²) in [6.45, 7) is 5.99. The number of hydrogen-bond acceptors (Lipinski definition) is 5. The summed E-state index contributed by atoms with van der Waals surface area (Å²) < 4.78 is 5.98. The number of nitrogens with zero attached hydrogens (tertiary/aromatic N) is 2. The molecule has 1 aromatic carbocycles. The van der Waals surface area contributed by atoms with Gasteiger partial charge in [-0.05, 0) is 24.0 Å². The Morgan fingerprint density at radius 3 is 2.52 bits per heavy atom. The Balaban J connectivity index is 3.02. The minimum Gasteiger partial charge on any atom is -0.439 e. The van der Waals surface area contributed by atoms with Crippen LogP contribution in [0.1, 0.15) is 36.5 Å². The van der Waals surface area contributed by atoms with E-state index in [-0.39, 0.29) is 16.9 Å². The lowest BCUT2D eigenvalue weighted by Crippen LogP contribution is -2.19. The first-order valence-corrected chi connectivity index (χ1v) is 6.83. The lowest BCUT2D eigenvalue weighted by atomic mass is 9.97.